The minimum absolute atomic E-state index is 0.0151. The van der Waals surface area contributed by atoms with Crippen molar-refractivity contribution >= 4 is 27.9 Å². The lowest BCUT2D eigenvalue weighted by atomic mass is 10.2. The summed E-state index contributed by atoms with van der Waals surface area (Å²) in [7, 11) is 1.86. The van der Waals surface area contributed by atoms with Gasteiger partial charge in [-0.25, -0.2) is 4.79 Å². The Morgan fingerprint density at radius 2 is 2.26 bits per heavy atom. The van der Waals surface area contributed by atoms with Crippen LogP contribution < -0.4 is 5.32 Å². The van der Waals surface area contributed by atoms with Crippen LogP contribution in [0.2, 0.25) is 0 Å². The Kier molecular flexibility index (Phi) is 3.00. The third kappa shape index (κ3) is 2.11. The Morgan fingerprint density at radius 3 is 2.95 bits per heavy atom. The van der Waals surface area contributed by atoms with Crippen molar-refractivity contribution in [3.05, 3.63) is 22.4 Å². The van der Waals surface area contributed by atoms with Crippen LogP contribution in [0.25, 0.3) is 0 Å². The molecule has 2 saturated heterocycles. The zero-order valence-corrected chi connectivity index (χ0v) is 12.2. The third-order valence-corrected chi connectivity index (χ3v) is 4.14. The van der Waals surface area contributed by atoms with Crippen LogP contribution in [0.1, 0.15) is 10.5 Å². The van der Waals surface area contributed by atoms with Gasteiger partial charge in [-0.05, 0) is 22.0 Å². The lowest BCUT2D eigenvalue weighted by molar-refractivity contribution is 0.0607. The van der Waals surface area contributed by atoms with E-state index >= 15 is 0 Å². The first-order chi connectivity index (χ1) is 9.06. The summed E-state index contributed by atoms with van der Waals surface area (Å²) < 4.78 is 2.71. The molecule has 3 heterocycles. The number of aromatic nitrogens is 1. The van der Waals surface area contributed by atoms with Crippen LogP contribution in [0.4, 0.5) is 4.79 Å². The van der Waals surface area contributed by atoms with Gasteiger partial charge >= 0.3 is 6.03 Å². The van der Waals surface area contributed by atoms with E-state index in [2.05, 4.69) is 21.2 Å². The van der Waals surface area contributed by atoms with Crippen molar-refractivity contribution in [2.24, 2.45) is 7.05 Å². The summed E-state index contributed by atoms with van der Waals surface area (Å²) in [6.45, 7) is 2.42. The Morgan fingerprint density at radius 1 is 1.47 bits per heavy atom. The van der Waals surface area contributed by atoms with Crippen LogP contribution in [0.15, 0.2) is 16.7 Å². The fraction of sp³-hybridized carbons (Fsp3) is 0.500. The summed E-state index contributed by atoms with van der Waals surface area (Å²) in [4.78, 5) is 27.6. The standard InChI is InChI=1S/C12H15BrN4O2/c1-15-6-8(13)4-10(15)11(18)16-2-3-17-9(7-16)5-14-12(17)19/h4,6,9H,2-3,5,7H2,1H3,(H,14,19). The second kappa shape index (κ2) is 4.56. The number of urea groups is 1. The first kappa shape index (κ1) is 12.5. The number of carbonyl (C=O) groups is 2. The number of amides is 3. The monoisotopic (exact) mass is 326 g/mol. The first-order valence-electron chi connectivity index (χ1n) is 6.22. The lowest BCUT2D eigenvalue weighted by Gasteiger charge is -2.36. The van der Waals surface area contributed by atoms with E-state index in [1.165, 1.54) is 0 Å². The minimum atomic E-state index is -0.0151. The largest absolute Gasteiger partial charge is 0.345 e. The fourth-order valence-corrected chi connectivity index (χ4v) is 3.21. The molecule has 0 aliphatic carbocycles. The van der Waals surface area contributed by atoms with Gasteiger partial charge in [0.15, 0.2) is 0 Å². The van der Waals surface area contributed by atoms with E-state index in [1.807, 2.05) is 33.7 Å². The van der Waals surface area contributed by atoms with Crippen LogP contribution in [0, 0.1) is 0 Å². The maximum absolute atomic E-state index is 12.5. The number of aryl methyl sites for hydroxylation is 1. The molecule has 1 N–H and O–H groups in total. The number of hydrogen-bond donors (Lipinski definition) is 1. The number of nitrogens with one attached hydrogen (secondary N) is 1. The molecule has 102 valence electrons. The quantitative estimate of drug-likeness (QED) is 0.823. The van der Waals surface area contributed by atoms with E-state index in [0.29, 0.717) is 31.9 Å². The van der Waals surface area contributed by atoms with E-state index in [0.717, 1.165) is 4.47 Å². The molecule has 1 unspecified atom stereocenters. The third-order valence-electron chi connectivity index (χ3n) is 3.71. The first-order valence-corrected chi connectivity index (χ1v) is 7.01. The maximum atomic E-state index is 12.5. The molecule has 1 atom stereocenters. The topological polar surface area (TPSA) is 57.6 Å². The number of nitrogens with zero attached hydrogens (tertiary/aromatic N) is 3. The van der Waals surface area contributed by atoms with Crippen LogP contribution in [-0.2, 0) is 7.05 Å². The Labute approximate surface area is 119 Å². The molecule has 2 aliphatic heterocycles. The van der Waals surface area contributed by atoms with E-state index in [9.17, 15) is 9.59 Å². The van der Waals surface area contributed by atoms with Gasteiger partial charge in [0.2, 0.25) is 0 Å². The van der Waals surface area contributed by atoms with Gasteiger partial charge < -0.3 is 19.7 Å². The summed E-state index contributed by atoms with van der Waals surface area (Å²) in [6.07, 6.45) is 1.87. The number of carbonyl (C=O) groups excluding carboxylic acids is 2. The number of halogens is 1. The average Bonchev–Trinajstić information content (AvgIpc) is 2.92. The Hall–Kier alpha value is -1.50. The molecule has 1 aromatic heterocycles. The molecule has 6 nitrogen and oxygen atoms in total. The molecule has 1 aromatic rings. The smallest absolute Gasteiger partial charge is 0.317 e. The van der Waals surface area contributed by atoms with Crippen molar-refractivity contribution in [2.75, 3.05) is 26.2 Å². The minimum Gasteiger partial charge on any atom is -0.345 e. The van der Waals surface area contributed by atoms with Gasteiger partial charge in [0.25, 0.3) is 5.91 Å². The highest BCUT2D eigenvalue weighted by Gasteiger charge is 2.37. The molecule has 0 spiro atoms. The predicted octanol–water partition coefficient (Wildman–Crippen LogP) is 0.637. The number of piperazine rings is 1. The zero-order valence-electron chi connectivity index (χ0n) is 10.6. The predicted molar refractivity (Wildman–Crippen MR) is 72.9 cm³/mol. The molecule has 3 rings (SSSR count). The van der Waals surface area contributed by atoms with Gasteiger partial charge in [0.05, 0.1) is 6.04 Å². The molecule has 19 heavy (non-hydrogen) atoms. The second-order valence-electron chi connectivity index (χ2n) is 4.94. The van der Waals surface area contributed by atoms with Gasteiger partial charge in [-0.3, -0.25) is 4.79 Å². The van der Waals surface area contributed by atoms with Crippen LogP contribution in [-0.4, -0.2) is 58.5 Å². The van der Waals surface area contributed by atoms with Crippen molar-refractivity contribution in [1.29, 1.82) is 0 Å². The highest BCUT2D eigenvalue weighted by atomic mass is 79.9. The molecule has 0 radical (unpaired) electrons. The number of hydrogen-bond acceptors (Lipinski definition) is 2. The normalized spacial score (nSPS) is 22.4. The van der Waals surface area contributed by atoms with E-state index in [1.54, 1.807) is 0 Å². The maximum Gasteiger partial charge on any atom is 0.317 e. The lowest BCUT2D eigenvalue weighted by Crippen LogP contribution is -2.54. The summed E-state index contributed by atoms with van der Waals surface area (Å²) >= 11 is 3.37. The SMILES string of the molecule is Cn1cc(Br)cc1C(=O)N1CCN2C(=O)NCC2C1. The number of fused-ring (bicyclic) bond motifs is 1. The van der Waals surface area contributed by atoms with E-state index in [-0.39, 0.29) is 18.0 Å². The van der Waals surface area contributed by atoms with Crippen LogP contribution >= 0.6 is 15.9 Å². The molecule has 3 amide bonds. The fourth-order valence-electron chi connectivity index (χ4n) is 2.69. The second-order valence-corrected chi connectivity index (χ2v) is 5.85. The van der Waals surface area contributed by atoms with Crippen molar-refractivity contribution in [1.82, 2.24) is 19.7 Å². The summed E-state index contributed by atoms with van der Waals surface area (Å²) in [6, 6.07) is 1.92. The molecule has 0 bridgehead atoms. The van der Waals surface area contributed by atoms with Gasteiger partial charge in [0.1, 0.15) is 5.69 Å². The molecule has 2 aliphatic rings. The van der Waals surface area contributed by atoms with Crippen molar-refractivity contribution in [3.63, 3.8) is 0 Å². The summed E-state index contributed by atoms with van der Waals surface area (Å²) in [5.41, 5.74) is 0.664. The highest BCUT2D eigenvalue weighted by Crippen LogP contribution is 2.19. The zero-order chi connectivity index (χ0) is 13.6. The number of rotatable bonds is 1. The van der Waals surface area contributed by atoms with Gasteiger partial charge in [-0.1, -0.05) is 0 Å². The van der Waals surface area contributed by atoms with Gasteiger partial charge in [-0.2, -0.15) is 0 Å². The van der Waals surface area contributed by atoms with Crippen molar-refractivity contribution in [2.45, 2.75) is 6.04 Å². The molecule has 0 aromatic carbocycles. The van der Waals surface area contributed by atoms with E-state index in [4.69, 9.17) is 0 Å². The molecule has 0 saturated carbocycles. The van der Waals surface area contributed by atoms with Crippen molar-refractivity contribution < 1.29 is 9.59 Å². The molecular formula is C12H15BrN4O2. The van der Waals surface area contributed by atoms with Gasteiger partial charge in [-0.15, -0.1) is 0 Å². The molecular weight excluding hydrogens is 312 g/mol. The summed E-state index contributed by atoms with van der Waals surface area (Å²) in [5, 5.41) is 2.81. The highest BCUT2D eigenvalue weighted by molar-refractivity contribution is 9.10. The average molecular weight is 327 g/mol. The summed E-state index contributed by atoms with van der Waals surface area (Å²) in [5.74, 6) is 0.0206. The van der Waals surface area contributed by atoms with Crippen molar-refractivity contribution in [3.8, 4) is 0 Å². The van der Waals surface area contributed by atoms with E-state index < -0.39 is 0 Å². The van der Waals surface area contributed by atoms with Crippen LogP contribution in [0.5, 0.6) is 0 Å². The Bertz CT molecular complexity index is 542. The molecule has 7 heteroatoms. The Balaban J connectivity index is 1.75. The van der Waals surface area contributed by atoms with Gasteiger partial charge in [0, 0.05) is 43.9 Å². The molecule has 2 fully saturated rings. The van der Waals surface area contributed by atoms with Crippen LogP contribution in [0.3, 0.4) is 0 Å².